The van der Waals surface area contributed by atoms with Gasteiger partial charge < -0.3 is 18.6 Å². The topological polar surface area (TPSA) is 36.9 Å². The maximum absolute atomic E-state index is 6.23. The zero-order valence-electron chi connectivity index (χ0n) is 19.2. The van der Waals surface area contributed by atoms with Gasteiger partial charge in [0.1, 0.15) is 0 Å². The van der Waals surface area contributed by atoms with Gasteiger partial charge in [0.15, 0.2) is 7.00 Å². The minimum absolute atomic E-state index is 0.120. The van der Waals surface area contributed by atoms with Gasteiger partial charge in [-0.3, -0.25) is 0 Å². The molecule has 4 nitrogen and oxygen atoms in total. The van der Waals surface area contributed by atoms with Crippen molar-refractivity contribution in [3.63, 3.8) is 0 Å². The van der Waals surface area contributed by atoms with Gasteiger partial charge in [-0.15, -0.1) is 0 Å². The Kier molecular flexibility index (Phi) is 11.2. The molecule has 0 fully saturated rings. The van der Waals surface area contributed by atoms with Crippen LogP contribution < -0.4 is 0 Å². The SMILES string of the molecule is COBC(C)(C)OBC(C)(C)PBC(C)(C)OBC(C)(C)OBC(C)C. The van der Waals surface area contributed by atoms with Crippen molar-refractivity contribution < 1.29 is 18.6 Å². The smallest absolute Gasteiger partial charge is 0.304 e. The summed E-state index contributed by atoms with van der Waals surface area (Å²) in [6.45, 7) is 22.6. The summed E-state index contributed by atoms with van der Waals surface area (Å²) in [5.74, 6) is 0.534. The van der Waals surface area contributed by atoms with E-state index in [-0.39, 0.29) is 21.6 Å². The number of rotatable bonds is 14. The van der Waals surface area contributed by atoms with Crippen molar-refractivity contribution >= 4 is 45.4 Å². The minimum atomic E-state index is -0.256. The predicted molar refractivity (Wildman–Crippen MR) is 126 cm³/mol. The molecule has 148 valence electrons. The molecule has 0 bridgehead atoms. The van der Waals surface area contributed by atoms with Gasteiger partial charge in [0, 0.05) is 23.6 Å². The number of hydrogen-bond donors (Lipinski definition) is 0. The van der Waals surface area contributed by atoms with Crippen LogP contribution in [0.3, 0.4) is 0 Å². The molecule has 1 atom stereocenters. The van der Waals surface area contributed by atoms with Gasteiger partial charge in [0.05, 0.1) is 0 Å². The molecule has 26 heavy (non-hydrogen) atoms. The van der Waals surface area contributed by atoms with Gasteiger partial charge in [-0.25, -0.2) is 0 Å². The van der Waals surface area contributed by atoms with E-state index in [2.05, 4.69) is 69.2 Å². The van der Waals surface area contributed by atoms with Crippen molar-refractivity contribution in [2.75, 3.05) is 7.11 Å². The molecule has 0 rings (SSSR count). The molecule has 0 radical (unpaired) electrons. The number of hydrogen-bond acceptors (Lipinski definition) is 4. The van der Waals surface area contributed by atoms with E-state index in [9.17, 15) is 0 Å². The van der Waals surface area contributed by atoms with Crippen molar-refractivity contribution in [1.82, 2.24) is 0 Å². The van der Waals surface area contributed by atoms with Gasteiger partial charge in [0.2, 0.25) is 0 Å². The molecule has 0 aromatic heterocycles. The molecule has 0 N–H and O–H groups in total. The van der Waals surface area contributed by atoms with Crippen LogP contribution in [0.1, 0.15) is 69.2 Å². The van der Waals surface area contributed by atoms with Crippen LogP contribution in [0.4, 0.5) is 0 Å². The fraction of sp³-hybridized carbons (Fsp3) is 1.00. The maximum atomic E-state index is 6.23. The summed E-state index contributed by atoms with van der Waals surface area (Å²) in [4.78, 5) is 0. The van der Waals surface area contributed by atoms with Crippen LogP contribution in [0.15, 0.2) is 0 Å². The molecule has 10 heteroatoms. The average molecular weight is 382 g/mol. The Morgan fingerprint density at radius 2 is 1.19 bits per heavy atom. The first-order valence-corrected chi connectivity index (χ1v) is 11.0. The molecular weight excluding hydrogens is 341 g/mol. The molecule has 0 heterocycles. The predicted octanol–water partition coefficient (Wildman–Crippen LogP) is 1.89. The quantitative estimate of drug-likeness (QED) is 0.340. The highest BCUT2D eigenvalue weighted by Gasteiger charge is 2.32. The molecule has 0 amide bonds. The average Bonchev–Trinajstić information content (AvgIpc) is 2.48. The van der Waals surface area contributed by atoms with E-state index in [1.807, 2.05) is 0 Å². The van der Waals surface area contributed by atoms with E-state index >= 15 is 0 Å². The Morgan fingerprint density at radius 3 is 1.69 bits per heavy atom. The van der Waals surface area contributed by atoms with E-state index in [1.54, 1.807) is 7.11 Å². The third-order valence-corrected chi connectivity index (χ3v) is 6.06. The van der Waals surface area contributed by atoms with Crippen LogP contribution in [-0.4, -0.2) is 65.6 Å². The monoisotopic (exact) mass is 382 g/mol. The summed E-state index contributed by atoms with van der Waals surface area (Å²) in [7, 11) is 5.17. The third-order valence-electron chi connectivity index (χ3n) is 3.93. The van der Waals surface area contributed by atoms with Gasteiger partial charge in [-0.1, -0.05) is 27.7 Å². The second-order valence-corrected chi connectivity index (χ2v) is 12.3. The Labute approximate surface area is 168 Å². The zero-order chi connectivity index (χ0) is 20.6. The van der Waals surface area contributed by atoms with E-state index in [0.29, 0.717) is 20.8 Å². The van der Waals surface area contributed by atoms with Crippen molar-refractivity contribution in [1.29, 1.82) is 0 Å². The van der Waals surface area contributed by atoms with Crippen LogP contribution >= 0.6 is 8.46 Å². The molecule has 0 aliphatic heterocycles. The molecule has 0 saturated carbocycles. The molecule has 0 aromatic carbocycles. The van der Waals surface area contributed by atoms with Crippen molar-refractivity contribution in [2.24, 2.45) is 0 Å². The summed E-state index contributed by atoms with van der Waals surface area (Å²) in [5, 5.41) is 0.120. The van der Waals surface area contributed by atoms with Crippen LogP contribution in [0, 0.1) is 0 Å². The highest BCUT2D eigenvalue weighted by atomic mass is 31.1. The Balaban J connectivity index is 4.39. The molecule has 0 spiro atoms. The lowest BCUT2D eigenvalue weighted by atomic mass is 9.71. The Hall–Kier alpha value is 0.595. The third kappa shape index (κ3) is 13.7. The lowest BCUT2D eigenvalue weighted by molar-refractivity contribution is 0.137. The molecule has 0 aliphatic rings. The first-order valence-electron chi connectivity index (χ1n) is 9.76. The highest BCUT2D eigenvalue weighted by molar-refractivity contribution is 7.74. The standard InChI is InChI=1S/C16H40B5O4P/c1-12(2)17-23-14(5,6)19-25-15(7,8)21-26-16(9,10)20-24-13(3,4)18-22-11/h12,17-21,26H,1-11H3. The molecule has 1 unspecified atom stereocenters. The highest BCUT2D eigenvalue weighted by Crippen LogP contribution is 2.33. The summed E-state index contributed by atoms with van der Waals surface area (Å²) >= 11 is 0. The lowest BCUT2D eigenvalue weighted by Gasteiger charge is -2.35. The summed E-state index contributed by atoms with van der Waals surface area (Å²) in [6, 6.07) is 0. The van der Waals surface area contributed by atoms with Crippen LogP contribution in [-0.2, 0) is 18.6 Å². The van der Waals surface area contributed by atoms with Crippen molar-refractivity contribution in [3.8, 4) is 0 Å². The van der Waals surface area contributed by atoms with Crippen molar-refractivity contribution in [3.05, 3.63) is 0 Å². The van der Waals surface area contributed by atoms with Crippen molar-refractivity contribution in [2.45, 2.75) is 96.6 Å². The van der Waals surface area contributed by atoms with E-state index in [1.165, 1.54) is 0 Å². The Bertz CT molecular complexity index is 406. The zero-order valence-corrected chi connectivity index (χ0v) is 20.2. The summed E-state index contributed by atoms with van der Waals surface area (Å²) < 4.78 is 23.5. The second-order valence-electron chi connectivity index (χ2n) is 10.2. The van der Waals surface area contributed by atoms with E-state index < -0.39 is 0 Å². The van der Waals surface area contributed by atoms with Gasteiger partial charge in [0.25, 0.3) is 15.0 Å². The van der Waals surface area contributed by atoms with Crippen LogP contribution in [0.25, 0.3) is 0 Å². The van der Waals surface area contributed by atoms with Crippen LogP contribution in [0.5, 0.6) is 0 Å². The van der Waals surface area contributed by atoms with Gasteiger partial charge in [-0.05, 0) is 52.4 Å². The first-order chi connectivity index (χ1) is 11.6. The minimum Gasteiger partial charge on any atom is -0.439 e. The van der Waals surface area contributed by atoms with Crippen LogP contribution in [0.2, 0.25) is 5.82 Å². The molecule has 0 aliphatic carbocycles. The summed E-state index contributed by atoms with van der Waals surface area (Å²) in [5.41, 5.74) is -0.677. The normalized spacial score (nSPS) is 14.0. The van der Waals surface area contributed by atoms with E-state index in [4.69, 9.17) is 18.6 Å². The fourth-order valence-corrected chi connectivity index (χ4v) is 3.30. The second kappa shape index (κ2) is 11.0. The largest absolute Gasteiger partial charge is 0.439 e. The van der Waals surface area contributed by atoms with E-state index in [0.717, 1.165) is 30.4 Å². The fourth-order valence-electron chi connectivity index (χ4n) is 2.12. The molecular formula is C16H40B5O4P. The van der Waals surface area contributed by atoms with Gasteiger partial charge in [-0.2, -0.15) is 8.46 Å². The van der Waals surface area contributed by atoms with Gasteiger partial charge >= 0.3 is 15.0 Å². The maximum Gasteiger partial charge on any atom is 0.304 e. The summed E-state index contributed by atoms with van der Waals surface area (Å²) in [6.07, 6.45) is 0. The molecule has 0 aromatic rings. The lowest BCUT2D eigenvalue weighted by Crippen LogP contribution is -2.44. The first kappa shape index (κ1) is 26.6. The Morgan fingerprint density at radius 1 is 0.692 bits per heavy atom. The molecule has 0 saturated heterocycles.